The van der Waals surface area contributed by atoms with Gasteiger partial charge >= 0.3 is 6.16 Å². The summed E-state index contributed by atoms with van der Waals surface area (Å²) in [4.78, 5) is 11.6. The third kappa shape index (κ3) is 4.93. The van der Waals surface area contributed by atoms with E-state index in [4.69, 9.17) is 9.47 Å². The van der Waals surface area contributed by atoms with Crippen LogP contribution in [0.4, 0.5) is 4.79 Å². The highest BCUT2D eigenvalue weighted by Gasteiger charge is 2.11. The molecule has 0 aromatic heterocycles. The van der Waals surface area contributed by atoms with Crippen LogP contribution in [-0.2, 0) is 17.6 Å². The van der Waals surface area contributed by atoms with Gasteiger partial charge in [0.1, 0.15) is 5.75 Å². The molecule has 0 N–H and O–H groups in total. The van der Waals surface area contributed by atoms with E-state index in [2.05, 4.69) is 26.8 Å². The van der Waals surface area contributed by atoms with Gasteiger partial charge in [-0.1, -0.05) is 45.7 Å². The molecule has 0 radical (unpaired) electrons. The normalized spacial score (nSPS) is 10.3. The Bertz CT molecular complexity index is 399. The molecule has 3 nitrogen and oxygen atoms in total. The summed E-state index contributed by atoms with van der Waals surface area (Å²) in [6.07, 6.45) is 4.25. The third-order valence-electron chi connectivity index (χ3n) is 3.13. The molecule has 1 aromatic rings. The van der Waals surface area contributed by atoms with Crippen molar-refractivity contribution >= 4 is 6.16 Å². The molecule has 0 aliphatic heterocycles. The third-order valence-corrected chi connectivity index (χ3v) is 3.13. The summed E-state index contributed by atoms with van der Waals surface area (Å²) in [5.74, 6) is 0.627. The van der Waals surface area contributed by atoms with Gasteiger partial charge in [-0.3, -0.25) is 0 Å². The number of benzene rings is 1. The topological polar surface area (TPSA) is 35.5 Å². The molecule has 1 rings (SSSR count). The van der Waals surface area contributed by atoms with Crippen LogP contribution < -0.4 is 4.74 Å². The van der Waals surface area contributed by atoms with Gasteiger partial charge in [-0.25, -0.2) is 4.79 Å². The van der Waals surface area contributed by atoms with E-state index in [1.54, 1.807) is 0 Å². The van der Waals surface area contributed by atoms with Crippen LogP contribution in [0.15, 0.2) is 18.2 Å². The van der Waals surface area contributed by atoms with Crippen LogP contribution >= 0.6 is 0 Å². The van der Waals surface area contributed by atoms with Gasteiger partial charge in [0.2, 0.25) is 0 Å². The van der Waals surface area contributed by atoms with Crippen LogP contribution in [0.2, 0.25) is 0 Å². The molecule has 0 saturated heterocycles. The van der Waals surface area contributed by atoms with Crippen molar-refractivity contribution in [3.63, 3.8) is 0 Å². The predicted molar refractivity (Wildman–Crippen MR) is 76.7 cm³/mol. The lowest BCUT2D eigenvalue weighted by Crippen LogP contribution is -2.13. The fourth-order valence-corrected chi connectivity index (χ4v) is 2.07. The molecule has 3 heteroatoms. The van der Waals surface area contributed by atoms with Crippen LogP contribution in [0.5, 0.6) is 5.75 Å². The maximum absolute atomic E-state index is 11.6. The molecule has 19 heavy (non-hydrogen) atoms. The average Bonchev–Trinajstić information content (AvgIpc) is 2.43. The molecule has 0 spiro atoms. The molecule has 0 saturated carbocycles. The van der Waals surface area contributed by atoms with Crippen LogP contribution in [0, 0.1) is 0 Å². The Hall–Kier alpha value is -1.51. The minimum atomic E-state index is -0.598. The minimum Gasteiger partial charge on any atom is -0.434 e. The highest BCUT2D eigenvalue weighted by molar-refractivity contribution is 5.64. The maximum Gasteiger partial charge on any atom is 0.513 e. The first-order chi connectivity index (χ1) is 9.22. The number of unbranched alkanes of at least 4 members (excludes halogenated alkanes) is 2. The van der Waals surface area contributed by atoms with E-state index < -0.39 is 6.16 Å². The number of aryl methyl sites for hydroxylation is 1. The van der Waals surface area contributed by atoms with Gasteiger partial charge in [-0.2, -0.15) is 0 Å². The molecule has 0 bridgehead atoms. The summed E-state index contributed by atoms with van der Waals surface area (Å²) in [5, 5.41) is 0. The molecule has 0 unspecified atom stereocenters. The Morgan fingerprint density at radius 3 is 2.53 bits per heavy atom. The molecule has 0 atom stereocenters. The molecule has 0 fully saturated rings. The lowest BCUT2D eigenvalue weighted by atomic mass is 10.0. The van der Waals surface area contributed by atoms with Gasteiger partial charge in [0.15, 0.2) is 0 Å². The molecule has 0 amide bonds. The number of carbonyl (C=O) groups excluding carboxylic acids is 1. The van der Waals surface area contributed by atoms with E-state index in [9.17, 15) is 4.79 Å². The fourth-order valence-electron chi connectivity index (χ4n) is 2.07. The molecular weight excluding hydrogens is 240 g/mol. The van der Waals surface area contributed by atoms with Crippen LogP contribution in [0.25, 0.3) is 0 Å². The second-order valence-corrected chi connectivity index (χ2v) is 4.51. The quantitative estimate of drug-likeness (QED) is 0.413. The first-order valence-corrected chi connectivity index (χ1v) is 7.18. The van der Waals surface area contributed by atoms with E-state index in [1.807, 2.05) is 12.1 Å². The zero-order valence-corrected chi connectivity index (χ0v) is 12.2. The Kier molecular flexibility index (Phi) is 7.01. The monoisotopic (exact) mass is 264 g/mol. The van der Waals surface area contributed by atoms with E-state index in [-0.39, 0.29) is 0 Å². The van der Waals surface area contributed by atoms with Crippen LogP contribution in [0.3, 0.4) is 0 Å². The van der Waals surface area contributed by atoms with Gasteiger partial charge in [0.05, 0.1) is 6.61 Å². The molecule has 0 aliphatic carbocycles. The SMILES string of the molecule is CCCCCOC(=O)Oc1cccc(CC)c1CC. The zero-order chi connectivity index (χ0) is 14.1. The van der Waals surface area contributed by atoms with Crippen molar-refractivity contribution in [3.05, 3.63) is 29.3 Å². The molecule has 106 valence electrons. The van der Waals surface area contributed by atoms with E-state index in [0.717, 1.165) is 37.7 Å². The summed E-state index contributed by atoms with van der Waals surface area (Å²) in [7, 11) is 0. The Morgan fingerprint density at radius 2 is 1.89 bits per heavy atom. The highest BCUT2D eigenvalue weighted by Crippen LogP contribution is 2.24. The van der Waals surface area contributed by atoms with Crippen molar-refractivity contribution in [1.29, 1.82) is 0 Å². The van der Waals surface area contributed by atoms with Crippen molar-refractivity contribution in [3.8, 4) is 5.75 Å². The molecule has 0 heterocycles. The van der Waals surface area contributed by atoms with Crippen molar-refractivity contribution < 1.29 is 14.3 Å². The largest absolute Gasteiger partial charge is 0.513 e. The second kappa shape index (κ2) is 8.57. The average molecular weight is 264 g/mol. The second-order valence-electron chi connectivity index (χ2n) is 4.51. The maximum atomic E-state index is 11.6. The van der Waals surface area contributed by atoms with Crippen molar-refractivity contribution in [2.45, 2.75) is 52.9 Å². The molecular formula is C16H24O3. The van der Waals surface area contributed by atoms with Crippen LogP contribution in [0.1, 0.15) is 51.2 Å². The van der Waals surface area contributed by atoms with E-state index >= 15 is 0 Å². The number of ether oxygens (including phenoxy) is 2. The van der Waals surface area contributed by atoms with Gasteiger partial charge in [0.25, 0.3) is 0 Å². The zero-order valence-electron chi connectivity index (χ0n) is 12.2. The van der Waals surface area contributed by atoms with E-state index in [0.29, 0.717) is 12.4 Å². The summed E-state index contributed by atoms with van der Waals surface area (Å²) in [6, 6.07) is 5.81. The highest BCUT2D eigenvalue weighted by atomic mass is 16.7. The Morgan fingerprint density at radius 1 is 1.11 bits per heavy atom. The molecule has 0 aliphatic rings. The summed E-state index contributed by atoms with van der Waals surface area (Å²) >= 11 is 0. The standard InChI is InChI=1S/C16H24O3/c1-4-7-8-12-18-16(17)19-15-11-9-10-13(5-2)14(15)6-3/h9-11H,4-8,12H2,1-3H3. The first kappa shape index (κ1) is 15.5. The number of carbonyl (C=O) groups is 1. The summed E-state index contributed by atoms with van der Waals surface area (Å²) < 4.78 is 10.4. The van der Waals surface area contributed by atoms with Crippen molar-refractivity contribution in [1.82, 2.24) is 0 Å². The number of hydrogen-bond acceptors (Lipinski definition) is 3. The van der Waals surface area contributed by atoms with Gasteiger partial charge in [0, 0.05) is 0 Å². The van der Waals surface area contributed by atoms with Gasteiger partial charge in [-0.15, -0.1) is 0 Å². The predicted octanol–water partition coefficient (Wildman–Crippen LogP) is 4.52. The van der Waals surface area contributed by atoms with Crippen LogP contribution in [-0.4, -0.2) is 12.8 Å². The lowest BCUT2D eigenvalue weighted by Gasteiger charge is -2.12. The summed E-state index contributed by atoms with van der Waals surface area (Å²) in [5.41, 5.74) is 2.31. The summed E-state index contributed by atoms with van der Waals surface area (Å²) in [6.45, 7) is 6.71. The molecule has 1 aromatic carbocycles. The number of rotatable bonds is 7. The van der Waals surface area contributed by atoms with Crippen molar-refractivity contribution in [2.24, 2.45) is 0 Å². The lowest BCUT2D eigenvalue weighted by molar-refractivity contribution is 0.0971. The fraction of sp³-hybridized carbons (Fsp3) is 0.562. The van der Waals surface area contributed by atoms with E-state index in [1.165, 1.54) is 5.56 Å². The number of hydrogen-bond donors (Lipinski definition) is 0. The Labute approximate surface area is 115 Å². The van der Waals surface area contributed by atoms with Gasteiger partial charge in [-0.05, 0) is 36.5 Å². The van der Waals surface area contributed by atoms with Gasteiger partial charge < -0.3 is 9.47 Å². The first-order valence-electron chi connectivity index (χ1n) is 7.18. The Balaban J connectivity index is 2.58. The van der Waals surface area contributed by atoms with Crippen molar-refractivity contribution in [2.75, 3.05) is 6.61 Å². The smallest absolute Gasteiger partial charge is 0.434 e. The minimum absolute atomic E-state index is 0.432.